The largest absolute Gasteiger partial charge is 0.463 e. The minimum atomic E-state index is -1.22. The third kappa shape index (κ3) is 8.70. The summed E-state index contributed by atoms with van der Waals surface area (Å²) in [6.07, 6.45) is -4.89. The molecule has 0 aliphatic carbocycles. The van der Waals surface area contributed by atoms with Crippen LogP contribution in [-0.2, 0) is 49.3 Å². The standard InChI is InChI=1S/C34H39NO9S/c1-19-11-12-25(15-26(19)17-28-13-14-30(45-28)24-9-8-10-27(16-24)35(6)7)31-33(42-22(4)38)34(43-23(5)39)32(41-21(3)37)29(44-31)18-40-20(2)36/h8-16,29,31-34H,17-18H2,1-7H3/t29-,31+,32-,33+,34+/m1/s1. The molecule has 240 valence electrons. The number of hydrogen-bond acceptors (Lipinski definition) is 11. The molecule has 1 saturated heterocycles. The molecule has 0 saturated carbocycles. The summed E-state index contributed by atoms with van der Waals surface area (Å²) in [5.74, 6) is -2.54. The Balaban J connectivity index is 1.70. The van der Waals surface area contributed by atoms with E-state index >= 15 is 0 Å². The molecule has 3 aromatic rings. The van der Waals surface area contributed by atoms with Crippen molar-refractivity contribution in [3.63, 3.8) is 0 Å². The molecule has 0 N–H and O–H groups in total. The number of benzene rings is 2. The number of aryl methyl sites for hydroxylation is 1. The second kappa shape index (κ2) is 14.7. The molecular weight excluding hydrogens is 598 g/mol. The lowest BCUT2D eigenvalue weighted by Crippen LogP contribution is -2.59. The lowest BCUT2D eigenvalue weighted by atomic mass is 9.88. The van der Waals surface area contributed by atoms with Crippen molar-refractivity contribution < 1.29 is 42.9 Å². The van der Waals surface area contributed by atoms with Gasteiger partial charge in [-0.2, -0.15) is 0 Å². The zero-order valence-electron chi connectivity index (χ0n) is 26.5. The highest BCUT2D eigenvalue weighted by Gasteiger charge is 2.52. The van der Waals surface area contributed by atoms with Crippen LogP contribution in [0.2, 0.25) is 0 Å². The van der Waals surface area contributed by atoms with Crippen molar-refractivity contribution in [1.29, 1.82) is 0 Å². The van der Waals surface area contributed by atoms with E-state index in [-0.39, 0.29) is 6.61 Å². The molecule has 10 nitrogen and oxygen atoms in total. The maximum absolute atomic E-state index is 12.3. The molecule has 2 heterocycles. The van der Waals surface area contributed by atoms with Gasteiger partial charge in [0.25, 0.3) is 0 Å². The van der Waals surface area contributed by atoms with Crippen LogP contribution >= 0.6 is 11.3 Å². The fourth-order valence-electron chi connectivity index (χ4n) is 5.31. The van der Waals surface area contributed by atoms with Crippen molar-refractivity contribution in [2.45, 2.75) is 71.6 Å². The zero-order valence-corrected chi connectivity index (χ0v) is 27.3. The minimum absolute atomic E-state index is 0.278. The van der Waals surface area contributed by atoms with E-state index in [2.05, 4.69) is 35.2 Å². The third-order valence-corrected chi connectivity index (χ3v) is 8.50. The number of anilines is 1. The van der Waals surface area contributed by atoms with Crippen molar-refractivity contribution in [2.24, 2.45) is 0 Å². The Morgan fingerprint density at radius 2 is 1.47 bits per heavy atom. The van der Waals surface area contributed by atoms with Crippen LogP contribution in [0.3, 0.4) is 0 Å². The number of nitrogens with zero attached hydrogens (tertiary/aromatic N) is 1. The highest BCUT2D eigenvalue weighted by Crippen LogP contribution is 2.39. The summed E-state index contributed by atoms with van der Waals surface area (Å²) < 4.78 is 28.4. The fraction of sp³-hybridized carbons (Fsp3) is 0.412. The quantitative estimate of drug-likeness (QED) is 0.217. The Kier molecular flexibility index (Phi) is 11.0. The van der Waals surface area contributed by atoms with Crippen LogP contribution < -0.4 is 4.90 Å². The lowest BCUT2D eigenvalue weighted by Gasteiger charge is -2.44. The highest BCUT2D eigenvalue weighted by molar-refractivity contribution is 7.15. The van der Waals surface area contributed by atoms with E-state index in [0.29, 0.717) is 12.0 Å². The average molecular weight is 638 g/mol. The van der Waals surface area contributed by atoms with Gasteiger partial charge in [-0.1, -0.05) is 30.3 Å². The van der Waals surface area contributed by atoms with Crippen LogP contribution in [0.1, 0.15) is 55.4 Å². The molecule has 1 aliphatic heterocycles. The number of carbonyl (C=O) groups excluding carboxylic acids is 4. The monoisotopic (exact) mass is 637 g/mol. The SMILES string of the molecule is CC(=O)OC[C@H]1O[C@@H](c2ccc(C)c(Cc3ccc(-c4cccc(N(C)C)c4)s3)c2)[C@H](OC(C)=O)[C@@H](OC(C)=O)[C@@H]1OC(C)=O. The van der Waals surface area contributed by atoms with Gasteiger partial charge >= 0.3 is 23.9 Å². The molecule has 11 heteroatoms. The van der Waals surface area contributed by atoms with Gasteiger partial charge in [-0.25, -0.2) is 0 Å². The van der Waals surface area contributed by atoms with E-state index in [1.165, 1.54) is 27.7 Å². The molecule has 5 atom stereocenters. The van der Waals surface area contributed by atoms with Crippen molar-refractivity contribution in [2.75, 3.05) is 25.6 Å². The van der Waals surface area contributed by atoms with Crippen LogP contribution in [0, 0.1) is 6.92 Å². The predicted molar refractivity (Wildman–Crippen MR) is 169 cm³/mol. The van der Waals surface area contributed by atoms with E-state index in [9.17, 15) is 19.2 Å². The molecule has 45 heavy (non-hydrogen) atoms. The molecule has 0 spiro atoms. The molecule has 0 unspecified atom stereocenters. The van der Waals surface area contributed by atoms with E-state index in [0.717, 1.165) is 32.1 Å². The number of esters is 4. The molecule has 1 fully saturated rings. The summed E-state index contributed by atoms with van der Waals surface area (Å²) in [6.45, 7) is 6.62. The van der Waals surface area contributed by atoms with Crippen LogP contribution in [0.5, 0.6) is 0 Å². The van der Waals surface area contributed by atoms with Crippen molar-refractivity contribution in [3.05, 3.63) is 76.2 Å². The first kappa shape index (κ1) is 33.7. The van der Waals surface area contributed by atoms with E-state index < -0.39 is 54.4 Å². The Morgan fingerprint density at radius 3 is 2.11 bits per heavy atom. The van der Waals surface area contributed by atoms with Gasteiger partial charge in [-0.05, 0) is 53.4 Å². The molecule has 2 aromatic carbocycles. The number of rotatable bonds is 10. The van der Waals surface area contributed by atoms with Gasteiger partial charge in [0.05, 0.1) is 0 Å². The second-order valence-corrected chi connectivity index (χ2v) is 12.4. The smallest absolute Gasteiger partial charge is 0.303 e. The molecule has 0 bridgehead atoms. The third-order valence-electron chi connectivity index (χ3n) is 7.37. The normalized spacial score (nSPS) is 21.0. The summed E-state index contributed by atoms with van der Waals surface area (Å²) in [5.41, 5.74) is 4.99. The van der Waals surface area contributed by atoms with E-state index in [4.69, 9.17) is 23.7 Å². The first-order valence-corrected chi connectivity index (χ1v) is 15.4. The second-order valence-electron chi connectivity index (χ2n) is 11.2. The lowest BCUT2D eigenvalue weighted by molar-refractivity contribution is -0.254. The predicted octanol–water partition coefficient (Wildman–Crippen LogP) is 5.18. The van der Waals surface area contributed by atoms with Crippen LogP contribution in [0.4, 0.5) is 5.69 Å². The van der Waals surface area contributed by atoms with E-state index in [1.807, 2.05) is 45.3 Å². The topological polar surface area (TPSA) is 118 Å². The van der Waals surface area contributed by atoms with Crippen LogP contribution in [-0.4, -0.2) is 69.0 Å². The van der Waals surface area contributed by atoms with Crippen LogP contribution in [0.25, 0.3) is 10.4 Å². The summed E-state index contributed by atoms with van der Waals surface area (Å²) in [6, 6.07) is 18.4. The maximum Gasteiger partial charge on any atom is 0.303 e. The van der Waals surface area contributed by atoms with Gasteiger partial charge in [-0.15, -0.1) is 11.3 Å². The summed E-state index contributed by atoms with van der Waals surface area (Å²) in [5, 5.41) is 0. The van der Waals surface area contributed by atoms with Crippen LogP contribution in [0.15, 0.2) is 54.6 Å². The Hall–Kier alpha value is -4.22. The number of ether oxygens (including phenoxy) is 5. The number of hydrogen-bond donors (Lipinski definition) is 0. The Morgan fingerprint density at radius 1 is 0.800 bits per heavy atom. The van der Waals surface area contributed by atoms with Crippen molar-refractivity contribution >= 4 is 40.9 Å². The molecule has 0 radical (unpaired) electrons. The summed E-state index contributed by atoms with van der Waals surface area (Å²) in [4.78, 5) is 52.6. The Bertz CT molecular complexity index is 1550. The van der Waals surface area contributed by atoms with Crippen molar-refractivity contribution in [1.82, 2.24) is 0 Å². The van der Waals surface area contributed by atoms with Gasteiger partial charge in [0, 0.05) is 63.7 Å². The summed E-state index contributed by atoms with van der Waals surface area (Å²) >= 11 is 1.71. The zero-order chi connectivity index (χ0) is 32.8. The average Bonchev–Trinajstić information content (AvgIpc) is 3.43. The first-order chi connectivity index (χ1) is 21.3. The Labute approximate surface area is 267 Å². The highest BCUT2D eigenvalue weighted by atomic mass is 32.1. The van der Waals surface area contributed by atoms with E-state index in [1.54, 1.807) is 11.3 Å². The molecule has 4 rings (SSSR count). The fourth-order valence-corrected chi connectivity index (χ4v) is 6.34. The molecule has 0 amide bonds. The van der Waals surface area contributed by atoms with Gasteiger partial charge in [-0.3, -0.25) is 19.2 Å². The van der Waals surface area contributed by atoms with Gasteiger partial charge in [0.15, 0.2) is 18.3 Å². The van der Waals surface area contributed by atoms with Crippen molar-refractivity contribution in [3.8, 4) is 10.4 Å². The van der Waals surface area contributed by atoms with Gasteiger partial charge in [0.1, 0.15) is 18.8 Å². The van der Waals surface area contributed by atoms with Gasteiger partial charge < -0.3 is 28.6 Å². The van der Waals surface area contributed by atoms with Gasteiger partial charge in [0.2, 0.25) is 0 Å². The minimum Gasteiger partial charge on any atom is -0.463 e. The number of carbonyl (C=O) groups is 4. The molecule has 1 aromatic heterocycles. The first-order valence-electron chi connectivity index (χ1n) is 14.6. The number of thiophene rings is 1. The maximum atomic E-state index is 12.3. The summed E-state index contributed by atoms with van der Waals surface area (Å²) in [7, 11) is 4.03. The molecular formula is C34H39NO9S. The molecule has 1 aliphatic rings.